The van der Waals surface area contributed by atoms with Crippen molar-refractivity contribution in [2.75, 3.05) is 27.4 Å². The van der Waals surface area contributed by atoms with Crippen molar-refractivity contribution in [3.05, 3.63) is 59.7 Å². The molecule has 160 valence electrons. The van der Waals surface area contributed by atoms with Crippen molar-refractivity contribution in [1.29, 1.82) is 0 Å². The minimum Gasteiger partial charge on any atom is -0.388 e. The molecule has 2 amide bonds. The van der Waals surface area contributed by atoms with Gasteiger partial charge < -0.3 is 15.3 Å². The number of benzene rings is 2. The Morgan fingerprint density at radius 2 is 1.68 bits per heavy atom. The first-order valence-corrected chi connectivity index (χ1v) is 9.67. The number of nitrogens with one attached hydrogen (secondary N) is 1. The number of nitrogens with zero attached hydrogens (tertiary/aromatic N) is 4. The number of amides is 2. The van der Waals surface area contributed by atoms with Gasteiger partial charge in [-0.2, -0.15) is 5.11 Å². The molecular formula is C22H23N5O4. The van der Waals surface area contributed by atoms with Crippen LogP contribution in [-0.4, -0.2) is 66.9 Å². The Labute approximate surface area is 179 Å². The summed E-state index contributed by atoms with van der Waals surface area (Å²) in [4.78, 5) is 41.9. The average Bonchev–Trinajstić information content (AvgIpc) is 3.32. The van der Waals surface area contributed by atoms with Crippen molar-refractivity contribution in [1.82, 2.24) is 10.2 Å². The van der Waals surface area contributed by atoms with E-state index >= 15 is 0 Å². The normalized spacial score (nSPS) is 13.5. The summed E-state index contributed by atoms with van der Waals surface area (Å²) in [6.45, 7) is -0.438. The Morgan fingerprint density at radius 3 is 2.19 bits per heavy atom. The zero-order valence-corrected chi connectivity index (χ0v) is 17.3. The van der Waals surface area contributed by atoms with Crippen LogP contribution in [0.2, 0.25) is 0 Å². The van der Waals surface area contributed by atoms with E-state index in [1.807, 2.05) is 24.3 Å². The molecule has 0 aromatic heterocycles. The summed E-state index contributed by atoms with van der Waals surface area (Å²) >= 11 is 0. The Balaban J connectivity index is 1.72. The number of carbonyl (C=O) groups excluding carboxylic acids is 3. The van der Waals surface area contributed by atoms with E-state index in [2.05, 4.69) is 20.5 Å². The number of rotatable bonds is 8. The number of Topliss-reactive ketones (excluding diaryl/α,β-unsaturated/α-hetero) is 1. The molecule has 0 bridgehead atoms. The molecule has 9 heteroatoms. The highest BCUT2D eigenvalue weighted by Gasteiger charge is 2.32. The molecule has 1 unspecified atom stereocenters. The van der Waals surface area contributed by atoms with Crippen LogP contribution in [0.3, 0.4) is 0 Å². The number of carbonyl (C=O) groups is 3. The van der Waals surface area contributed by atoms with Crippen molar-refractivity contribution in [3.8, 4) is 11.1 Å². The quantitative estimate of drug-likeness (QED) is 0.626. The maximum atomic E-state index is 12.8. The topological polar surface area (TPSA) is 124 Å². The van der Waals surface area contributed by atoms with E-state index in [1.165, 1.54) is 14.1 Å². The number of ketones is 1. The number of azo groups is 1. The van der Waals surface area contributed by atoms with E-state index in [0.717, 1.165) is 27.4 Å². The lowest BCUT2D eigenvalue weighted by Crippen LogP contribution is -2.52. The molecule has 1 heterocycles. The molecule has 3 rings (SSSR count). The van der Waals surface area contributed by atoms with E-state index in [-0.39, 0.29) is 0 Å². The van der Waals surface area contributed by atoms with Gasteiger partial charge in [-0.15, -0.1) is 5.11 Å². The predicted molar refractivity (Wildman–Crippen MR) is 115 cm³/mol. The molecule has 0 fully saturated rings. The third kappa shape index (κ3) is 5.07. The molecule has 2 N–H and O–H groups in total. The van der Waals surface area contributed by atoms with Crippen LogP contribution in [0.15, 0.2) is 63.8 Å². The average molecular weight is 421 g/mol. The molecule has 1 atom stereocenters. The second kappa shape index (κ2) is 9.86. The summed E-state index contributed by atoms with van der Waals surface area (Å²) in [6.07, 6.45) is 0.628. The summed E-state index contributed by atoms with van der Waals surface area (Å²) in [5, 5.41) is 19.3. The fourth-order valence-corrected chi connectivity index (χ4v) is 3.23. The van der Waals surface area contributed by atoms with Crippen LogP contribution in [0, 0.1) is 0 Å². The van der Waals surface area contributed by atoms with Gasteiger partial charge in [0.05, 0.1) is 0 Å². The SMILES string of the molecule is CNC(=O)C(C(=O)CO)N(C)C(=O)c1ccc(-c2ccc(CC3=NCN=N3)cc2)cc1. The van der Waals surface area contributed by atoms with E-state index in [0.29, 0.717) is 18.7 Å². The van der Waals surface area contributed by atoms with Gasteiger partial charge in [-0.3, -0.25) is 14.4 Å². The van der Waals surface area contributed by atoms with Gasteiger partial charge in [0.15, 0.2) is 24.3 Å². The van der Waals surface area contributed by atoms with Gasteiger partial charge in [0.2, 0.25) is 5.91 Å². The zero-order valence-electron chi connectivity index (χ0n) is 17.3. The van der Waals surface area contributed by atoms with E-state index in [4.69, 9.17) is 5.11 Å². The summed E-state index contributed by atoms with van der Waals surface area (Å²) in [5.41, 5.74) is 3.29. The molecule has 0 spiro atoms. The van der Waals surface area contributed by atoms with Crippen molar-refractivity contribution in [2.45, 2.75) is 12.5 Å². The highest BCUT2D eigenvalue weighted by Crippen LogP contribution is 2.22. The van der Waals surface area contributed by atoms with Crippen LogP contribution in [0.5, 0.6) is 0 Å². The summed E-state index contributed by atoms with van der Waals surface area (Å²) in [5.74, 6) is -1.19. The summed E-state index contributed by atoms with van der Waals surface area (Å²) in [7, 11) is 2.72. The number of amidine groups is 1. The summed E-state index contributed by atoms with van der Waals surface area (Å²) in [6, 6.07) is 13.4. The molecular weight excluding hydrogens is 398 g/mol. The van der Waals surface area contributed by atoms with Crippen molar-refractivity contribution >= 4 is 23.4 Å². The lowest BCUT2D eigenvalue weighted by molar-refractivity contribution is -0.135. The van der Waals surface area contributed by atoms with Crippen molar-refractivity contribution < 1.29 is 19.5 Å². The maximum Gasteiger partial charge on any atom is 0.254 e. The van der Waals surface area contributed by atoms with Gasteiger partial charge in [0.1, 0.15) is 6.61 Å². The lowest BCUT2D eigenvalue weighted by atomic mass is 10.0. The second-order valence-corrected chi connectivity index (χ2v) is 6.97. The minimum atomic E-state index is -1.39. The standard InChI is InChI=1S/C22H23N5O4/c1-23-21(30)20(18(29)12-28)27(2)22(31)17-9-7-16(8-10-17)15-5-3-14(4-6-15)11-19-24-13-25-26-19/h3-10,20,28H,11-13H2,1-2H3,(H,23,30). The molecule has 0 radical (unpaired) electrons. The maximum absolute atomic E-state index is 12.8. The first-order valence-electron chi connectivity index (χ1n) is 9.67. The van der Waals surface area contributed by atoms with Crippen LogP contribution in [0.4, 0.5) is 0 Å². The van der Waals surface area contributed by atoms with Crippen LogP contribution >= 0.6 is 0 Å². The monoisotopic (exact) mass is 421 g/mol. The Bertz CT molecular complexity index is 1010. The smallest absolute Gasteiger partial charge is 0.254 e. The van der Waals surface area contributed by atoms with Crippen LogP contribution in [-0.2, 0) is 16.0 Å². The fourth-order valence-electron chi connectivity index (χ4n) is 3.23. The second-order valence-electron chi connectivity index (χ2n) is 6.97. The van der Waals surface area contributed by atoms with Crippen LogP contribution in [0.1, 0.15) is 15.9 Å². The molecule has 2 aromatic carbocycles. The number of aliphatic imine (C=N–C) groups is 1. The van der Waals surface area contributed by atoms with Gasteiger partial charge >= 0.3 is 0 Å². The Hall–Kier alpha value is -3.72. The van der Waals surface area contributed by atoms with Crippen molar-refractivity contribution in [2.24, 2.45) is 15.2 Å². The predicted octanol–water partition coefficient (Wildman–Crippen LogP) is 1.47. The fraction of sp³-hybridized carbons (Fsp3) is 0.273. The van der Waals surface area contributed by atoms with E-state index in [9.17, 15) is 14.4 Å². The number of hydrogen-bond donors (Lipinski definition) is 2. The summed E-state index contributed by atoms with van der Waals surface area (Å²) < 4.78 is 0. The van der Waals surface area contributed by atoms with Gasteiger partial charge in [-0.1, -0.05) is 36.4 Å². The molecule has 2 aromatic rings. The molecule has 0 saturated heterocycles. The van der Waals surface area contributed by atoms with Gasteiger partial charge in [-0.05, 0) is 28.8 Å². The third-order valence-electron chi connectivity index (χ3n) is 4.95. The highest BCUT2D eigenvalue weighted by molar-refractivity contribution is 6.10. The molecule has 0 aliphatic carbocycles. The number of aliphatic hydroxyl groups is 1. The first kappa shape index (κ1) is 22.0. The van der Waals surface area contributed by atoms with Gasteiger partial charge in [0, 0.05) is 26.1 Å². The number of hydrogen-bond acceptors (Lipinski definition) is 7. The van der Waals surface area contributed by atoms with Gasteiger partial charge in [-0.25, -0.2) is 4.99 Å². The van der Waals surface area contributed by atoms with Crippen LogP contribution in [0.25, 0.3) is 11.1 Å². The van der Waals surface area contributed by atoms with E-state index < -0.39 is 30.2 Å². The molecule has 0 saturated carbocycles. The van der Waals surface area contributed by atoms with Crippen molar-refractivity contribution in [3.63, 3.8) is 0 Å². The molecule has 9 nitrogen and oxygen atoms in total. The Kier molecular flexibility index (Phi) is 6.99. The lowest BCUT2D eigenvalue weighted by Gasteiger charge is -2.25. The van der Waals surface area contributed by atoms with Gasteiger partial charge in [0.25, 0.3) is 5.91 Å². The molecule has 1 aliphatic heterocycles. The van der Waals surface area contributed by atoms with Crippen LogP contribution < -0.4 is 5.32 Å². The number of likely N-dealkylation sites (N-methyl/N-ethyl adjacent to an activating group) is 2. The third-order valence-corrected chi connectivity index (χ3v) is 4.95. The molecule has 1 aliphatic rings. The zero-order chi connectivity index (χ0) is 22.4. The minimum absolute atomic E-state index is 0.326. The number of aliphatic hydroxyl groups excluding tert-OH is 1. The highest BCUT2D eigenvalue weighted by atomic mass is 16.3. The van der Waals surface area contributed by atoms with E-state index in [1.54, 1.807) is 24.3 Å². The largest absolute Gasteiger partial charge is 0.388 e. The first-order chi connectivity index (χ1) is 14.9. The molecule has 31 heavy (non-hydrogen) atoms. The Morgan fingerprint density at radius 1 is 1.06 bits per heavy atom.